The maximum Gasteiger partial charge on any atom is 0.229 e. The molecule has 0 aromatic heterocycles. The van der Waals surface area contributed by atoms with Crippen molar-refractivity contribution in [3.05, 3.63) is 17.7 Å². The SMILES string of the molecule is COc1cc2c(cc1OC)C13CCN(C)C[C@@]45O[C@@H]4CO[C@H]4CC(=O)N2[C@H]1[C@H]4[C@H]5CC3=O. The first-order valence-corrected chi connectivity index (χ1v) is 11.5. The Hall–Kier alpha value is -2.16. The molecule has 5 fully saturated rings. The zero-order chi connectivity index (χ0) is 22.0. The lowest BCUT2D eigenvalue weighted by atomic mass is 9.54. The number of amides is 1. The lowest BCUT2D eigenvalue weighted by molar-refractivity contribution is -0.144. The molecule has 4 saturated heterocycles. The fraction of sp³-hybridized carbons (Fsp3) is 0.667. The molecule has 5 heterocycles. The average Bonchev–Trinajstić information content (AvgIpc) is 3.39. The first kappa shape index (κ1) is 19.3. The first-order valence-electron chi connectivity index (χ1n) is 11.5. The topological polar surface area (TPSA) is 80.8 Å². The molecule has 6 aliphatic rings. The van der Waals surface area contributed by atoms with Crippen molar-refractivity contribution in [3.8, 4) is 11.5 Å². The summed E-state index contributed by atoms with van der Waals surface area (Å²) in [6.45, 7) is 2.07. The molecule has 8 nitrogen and oxygen atoms in total. The number of nitrogens with zero attached hydrogens (tertiary/aromatic N) is 2. The predicted octanol–water partition coefficient (Wildman–Crippen LogP) is 1.14. The van der Waals surface area contributed by atoms with Crippen LogP contribution in [-0.2, 0) is 24.5 Å². The minimum absolute atomic E-state index is 0.00599. The summed E-state index contributed by atoms with van der Waals surface area (Å²) in [6, 6.07) is 3.57. The van der Waals surface area contributed by atoms with Gasteiger partial charge in [-0.3, -0.25) is 9.59 Å². The molecule has 1 aromatic rings. The smallest absolute Gasteiger partial charge is 0.229 e. The average molecular weight is 440 g/mol. The van der Waals surface area contributed by atoms with E-state index in [4.69, 9.17) is 18.9 Å². The summed E-state index contributed by atoms with van der Waals surface area (Å²) in [6.07, 6.45) is 1.31. The summed E-state index contributed by atoms with van der Waals surface area (Å²) < 4.78 is 23.8. The van der Waals surface area contributed by atoms with E-state index < -0.39 is 5.41 Å². The molecule has 1 amide bonds. The zero-order valence-electron chi connectivity index (χ0n) is 18.6. The number of anilines is 1. The van der Waals surface area contributed by atoms with Crippen LogP contribution >= 0.6 is 0 Å². The summed E-state index contributed by atoms with van der Waals surface area (Å²) >= 11 is 0. The number of benzene rings is 1. The summed E-state index contributed by atoms with van der Waals surface area (Å²) in [5.41, 5.74) is 0.582. The van der Waals surface area contributed by atoms with Crippen molar-refractivity contribution in [2.45, 2.75) is 48.5 Å². The van der Waals surface area contributed by atoms with Crippen LogP contribution in [-0.4, -0.2) is 81.4 Å². The number of methoxy groups -OCH3 is 2. The standard InChI is InChI=1S/C24H28N2O6/c1-25-5-4-23-12-6-15(29-2)16(30-3)8-14(12)26-20(28)9-17-21(22(23)26)13(7-18(23)27)24(11-25)19(32-24)10-31-17/h6,8,13,17,19,21-22H,4-5,7,9-11H2,1-3H3/t13-,17+,19-,21+,22+,23?,24+/m1/s1. The van der Waals surface area contributed by atoms with E-state index in [1.54, 1.807) is 14.2 Å². The number of piperidine rings is 1. The molecule has 0 radical (unpaired) electrons. The predicted molar refractivity (Wildman–Crippen MR) is 113 cm³/mol. The summed E-state index contributed by atoms with van der Waals surface area (Å²) in [5.74, 6) is 1.53. The second-order valence-corrected chi connectivity index (χ2v) is 10.3. The van der Waals surface area contributed by atoms with Gasteiger partial charge in [-0.15, -0.1) is 0 Å². The van der Waals surface area contributed by atoms with Gasteiger partial charge in [0, 0.05) is 30.9 Å². The van der Waals surface area contributed by atoms with Gasteiger partial charge in [0.2, 0.25) is 5.91 Å². The molecule has 170 valence electrons. The van der Waals surface area contributed by atoms with E-state index in [9.17, 15) is 9.59 Å². The normalized spacial score (nSPS) is 43.6. The number of epoxide rings is 1. The molecule has 7 rings (SSSR count). The molecule has 1 unspecified atom stereocenters. The van der Waals surface area contributed by atoms with E-state index in [0.29, 0.717) is 37.4 Å². The van der Waals surface area contributed by atoms with Gasteiger partial charge >= 0.3 is 0 Å². The van der Waals surface area contributed by atoms with Gasteiger partial charge in [-0.05, 0) is 31.6 Å². The van der Waals surface area contributed by atoms with Gasteiger partial charge in [0.1, 0.15) is 17.5 Å². The molecule has 1 aromatic carbocycles. The number of hydrogen-bond donors (Lipinski definition) is 0. The van der Waals surface area contributed by atoms with Crippen molar-refractivity contribution in [2.75, 3.05) is 45.9 Å². The van der Waals surface area contributed by atoms with Gasteiger partial charge in [-0.1, -0.05) is 0 Å². The Bertz CT molecular complexity index is 1060. The minimum atomic E-state index is -0.762. The molecule has 32 heavy (non-hydrogen) atoms. The monoisotopic (exact) mass is 440 g/mol. The Kier molecular flexibility index (Phi) is 3.65. The van der Waals surface area contributed by atoms with Crippen LogP contribution in [0.1, 0.15) is 24.8 Å². The molecule has 1 saturated carbocycles. The number of carbonyl (C=O) groups excluding carboxylic acids is 2. The summed E-state index contributed by atoms with van der Waals surface area (Å²) in [7, 11) is 5.31. The van der Waals surface area contributed by atoms with Gasteiger partial charge in [0.05, 0.1) is 50.5 Å². The second kappa shape index (κ2) is 6.04. The fourth-order valence-corrected chi connectivity index (χ4v) is 7.82. The van der Waals surface area contributed by atoms with Crippen molar-refractivity contribution < 1.29 is 28.5 Å². The number of likely N-dealkylation sites (N-methyl/N-ethyl adjacent to an activating group) is 1. The lowest BCUT2D eigenvalue weighted by Gasteiger charge is -2.53. The molecule has 5 aliphatic heterocycles. The van der Waals surface area contributed by atoms with E-state index in [-0.39, 0.29) is 47.4 Å². The number of ketones is 1. The molecule has 1 spiro atoms. The molecule has 7 atom stereocenters. The Morgan fingerprint density at radius 1 is 1.12 bits per heavy atom. The molecule has 4 bridgehead atoms. The Labute approximate surface area is 186 Å². The molecular formula is C24H28N2O6. The van der Waals surface area contributed by atoms with E-state index in [1.807, 2.05) is 17.0 Å². The number of rotatable bonds is 2. The van der Waals surface area contributed by atoms with Crippen molar-refractivity contribution in [1.29, 1.82) is 0 Å². The van der Waals surface area contributed by atoms with Gasteiger partial charge in [0.25, 0.3) is 0 Å². The van der Waals surface area contributed by atoms with Gasteiger partial charge in [-0.25, -0.2) is 0 Å². The third-order valence-corrected chi connectivity index (χ3v) is 9.17. The van der Waals surface area contributed by atoms with E-state index in [0.717, 1.165) is 24.3 Å². The number of fused-ring (bicyclic) bond motifs is 2. The van der Waals surface area contributed by atoms with Crippen molar-refractivity contribution in [2.24, 2.45) is 11.8 Å². The lowest BCUT2D eigenvalue weighted by Crippen LogP contribution is -2.67. The van der Waals surface area contributed by atoms with Crippen molar-refractivity contribution in [3.63, 3.8) is 0 Å². The van der Waals surface area contributed by atoms with Crippen LogP contribution in [0.2, 0.25) is 0 Å². The highest BCUT2D eigenvalue weighted by Crippen LogP contribution is 2.65. The van der Waals surface area contributed by atoms with Crippen LogP contribution < -0.4 is 14.4 Å². The minimum Gasteiger partial charge on any atom is -0.493 e. The number of hydrogen-bond acceptors (Lipinski definition) is 7. The maximum atomic E-state index is 14.2. The van der Waals surface area contributed by atoms with Crippen LogP contribution in [0.5, 0.6) is 11.5 Å². The summed E-state index contributed by atoms with van der Waals surface area (Å²) in [5, 5.41) is 0. The Balaban J connectivity index is 1.52. The fourth-order valence-electron chi connectivity index (χ4n) is 7.82. The Morgan fingerprint density at radius 2 is 1.91 bits per heavy atom. The van der Waals surface area contributed by atoms with Crippen LogP contribution in [0.4, 0.5) is 5.69 Å². The summed E-state index contributed by atoms with van der Waals surface area (Å²) in [4.78, 5) is 31.9. The Morgan fingerprint density at radius 3 is 2.69 bits per heavy atom. The number of carbonyl (C=O) groups is 2. The van der Waals surface area contributed by atoms with Crippen LogP contribution in [0.25, 0.3) is 0 Å². The molecule has 8 heteroatoms. The first-order chi connectivity index (χ1) is 15.4. The third kappa shape index (κ3) is 2.05. The van der Waals surface area contributed by atoms with Crippen molar-refractivity contribution >= 4 is 17.4 Å². The van der Waals surface area contributed by atoms with Crippen LogP contribution in [0, 0.1) is 11.8 Å². The van der Waals surface area contributed by atoms with Crippen LogP contribution in [0.15, 0.2) is 12.1 Å². The molecule has 0 N–H and O–H groups in total. The highest BCUT2D eigenvalue weighted by Gasteiger charge is 2.75. The molecule has 1 aliphatic carbocycles. The maximum absolute atomic E-state index is 14.2. The van der Waals surface area contributed by atoms with Gasteiger partial charge in [-0.2, -0.15) is 0 Å². The van der Waals surface area contributed by atoms with Gasteiger partial charge in [0.15, 0.2) is 11.5 Å². The molecular weight excluding hydrogens is 412 g/mol. The van der Waals surface area contributed by atoms with Crippen molar-refractivity contribution in [1.82, 2.24) is 4.90 Å². The van der Waals surface area contributed by atoms with E-state index >= 15 is 0 Å². The largest absolute Gasteiger partial charge is 0.493 e. The second-order valence-electron chi connectivity index (χ2n) is 10.3. The van der Waals surface area contributed by atoms with Crippen LogP contribution in [0.3, 0.4) is 0 Å². The highest BCUT2D eigenvalue weighted by molar-refractivity contribution is 6.06. The van der Waals surface area contributed by atoms with Gasteiger partial charge < -0.3 is 28.7 Å². The zero-order valence-corrected chi connectivity index (χ0v) is 18.6. The highest BCUT2D eigenvalue weighted by atomic mass is 16.6. The van der Waals surface area contributed by atoms with E-state index in [1.165, 1.54) is 0 Å². The quantitative estimate of drug-likeness (QED) is 0.638. The number of ether oxygens (including phenoxy) is 4. The number of Topliss-reactive ketones (excluding diaryl/α,β-unsaturated/α-hetero) is 1. The van der Waals surface area contributed by atoms with E-state index in [2.05, 4.69) is 11.9 Å². The third-order valence-electron chi connectivity index (χ3n) is 9.17.